The lowest BCUT2D eigenvalue weighted by atomic mass is 10.1. The Kier molecular flexibility index (Phi) is 2.74. The molecule has 1 aliphatic heterocycles. The minimum atomic E-state index is 0.369. The Labute approximate surface area is 100 Å². The number of phenols is 1. The number of H-pyrrole nitrogens is 1. The van der Waals surface area contributed by atoms with E-state index in [0.29, 0.717) is 5.75 Å². The smallest absolute Gasteiger partial charge is 0.125 e. The van der Waals surface area contributed by atoms with Gasteiger partial charge in [-0.15, -0.1) is 0 Å². The molecule has 2 aromatic rings. The SMILES string of the molecule is Oc1cccc2[nH]cc(CN3CCNCC3)c12. The monoisotopic (exact) mass is 231 g/mol. The maximum Gasteiger partial charge on any atom is 0.125 e. The molecular formula is C13H17N3O. The first-order chi connectivity index (χ1) is 8.34. The van der Waals surface area contributed by atoms with E-state index in [1.807, 2.05) is 18.3 Å². The molecule has 0 spiro atoms. The first-order valence-corrected chi connectivity index (χ1v) is 6.05. The van der Waals surface area contributed by atoms with Crippen molar-refractivity contribution >= 4 is 10.9 Å². The van der Waals surface area contributed by atoms with E-state index in [9.17, 15) is 5.11 Å². The Balaban J connectivity index is 1.89. The number of aromatic nitrogens is 1. The van der Waals surface area contributed by atoms with Crippen molar-refractivity contribution in [2.24, 2.45) is 0 Å². The van der Waals surface area contributed by atoms with E-state index >= 15 is 0 Å². The highest BCUT2D eigenvalue weighted by molar-refractivity contribution is 5.88. The first kappa shape index (κ1) is 10.6. The van der Waals surface area contributed by atoms with E-state index in [-0.39, 0.29) is 0 Å². The summed E-state index contributed by atoms with van der Waals surface area (Å²) in [4.78, 5) is 5.62. The normalized spacial score (nSPS) is 17.6. The van der Waals surface area contributed by atoms with Gasteiger partial charge in [0.15, 0.2) is 0 Å². The van der Waals surface area contributed by atoms with E-state index in [0.717, 1.165) is 43.6 Å². The lowest BCUT2D eigenvalue weighted by Gasteiger charge is -2.26. The van der Waals surface area contributed by atoms with Gasteiger partial charge >= 0.3 is 0 Å². The Bertz CT molecular complexity index is 514. The molecule has 0 aliphatic carbocycles. The average Bonchev–Trinajstić information content (AvgIpc) is 2.75. The number of phenolic OH excluding ortho intramolecular Hbond substituents is 1. The van der Waals surface area contributed by atoms with Gasteiger partial charge in [-0.25, -0.2) is 0 Å². The van der Waals surface area contributed by atoms with Crippen LogP contribution in [0.5, 0.6) is 5.75 Å². The molecule has 0 unspecified atom stereocenters. The van der Waals surface area contributed by atoms with Crippen LogP contribution in [-0.2, 0) is 6.54 Å². The molecule has 17 heavy (non-hydrogen) atoms. The second-order valence-corrected chi connectivity index (χ2v) is 4.54. The Morgan fingerprint density at radius 2 is 2.06 bits per heavy atom. The molecule has 3 N–H and O–H groups in total. The number of hydrogen-bond donors (Lipinski definition) is 3. The third kappa shape index (κ3) is 2.01. The van der Waals surface area contributed by atoms with Gasteiger partial charge in [-0.05, 0) is 17.7 Å². The van der Waals surface area contributed by atoms with Crippen molar-refractivity contribution < 1.29 is 5.11 Å². The zero-order chi connectivity index (χ0) is 11.7. The topological polar surface area (TPSA) is 51.3 Å². The van der Waals surface area contributed by atoms with Gasteiger partial charge in [0.25, 0.3) is 0 Å². The summed E-state index contributed by atoms with van der Waals surface area (Å²) in [5.41, 5.74) is 2.19. The molecule has 1 fully saturated rings. The molecule has 0 radical (unpaired) electrons. The maximum absolute atomic E-state index is 9.92. The van der Waals surface area contributed by atoms with Crippen molar-refractivity contribution in [2.45, 2.75) is 6.54 Å². The second-order valence-electron chi connectivity index (χ2n) is 4.54. The summed E-state index contributed by atoms with van der Waals surface area (Å²) in [6, 6.07) is 5.61. The van der Waals surface area contributed by atoms with Crippen LogP contribution in [0.25, 0.3) is 10.9 Å². The van der Waals surface area contributed by atoms with Crippen molar-refractivity contribution in [3.05, 3.63) is 30.0 Å². The van der Waals surface area contributed by atoms with Crippen LogP contribution in [0.15, 0.2) is 24.4 Å². The van der Waals surface area contributed by atoms with Crippen LogP contribution in [0, 0.1) is 0 Å². The predicted molar refractivity (Wildman–Crippen MR) is 68.1 cm³/mol. The van der Waals surface area contributed by atoms with Crippen molar-refractivity contribution in [2.75, 3.05) is 26.2 Å². The number of fused-ring (bicyclic) bond motifs is 1. The number of rotatable bonds is 2. The van der Waals surface area contributed by atoms with Crippen LogP contribution in [0.4, 0.5) is 0 Å². The van der Waals surface area contributed by atoms with Crippen LogP contribution in [0.1, 0.15) is 5.56 Å². The van der Waals surface area contributed by atoms with Gasteiger partial charge in [0.05, 0.1) is 0 Å². The standard InChI is InChI=1S/C13H17N3O/c17-12-3-1-2-11-13(12)10(8-15-11)9-16-6-4-14-5-7-16/h1-3,8,14-15,17H,4-7,9H2. The molecule has 90 valence electrons. The molecule has 0 bridgehead atoms. The fourth-order valence-electron chi connectivity index (χ4n) is 2.47. The average molecular weight is 231 g/mol. The van der Waals surface area contributed by atoms with Gasteiger partial charge in [0.2, 0.25) is 0 Å². The summed E-state index contributed by atoms with van der Waals surface area (Å²) in [5, 5.41) is 14.2. The summed E-state index contributed by atoms with van der Waals surface area (Å²) in [7, 11) is 0. The summed E-state index contributed by atoms with van der Waals surface area (Å²) >= 11 is 0. The molecule has 0 amide bonds. The highest BCUT2D eigenvalue weighted by Crippen LogP contribution is 2.28. The third-order valence-corrected chi connectivity index (χ3v) is 3.37. The summed E-state index contributed by atoms with van der Waals surface area (Å²) < 4.78 is 0. The molecule has 1 aromatic heterocycles. The van der Waals surface area contributed by atoms with Gasteiger partial charge < -0.3 is 15.4 Å². The molecule has 4 heteroatoms. The second kappa shape index (κ2) is 4.39. The van der Waals surface area contributed by atoms with Crippen molar-refractivity contribution in [1.29, 1.82) is 0 Å². The Morgan fingerprint density at radius 3 is 2.88 bits per heavy atom. The molecule has 1 aliphatic rings. The number of aromatic amines is 1. The number of hydrogen-bond acceptors (Lipinski definition) is 3. The van der Waals surface area contributed by atoms with E-state index in [2.05, 4.69) is 15.2 Å². The lowest BCUT2D eigenvalue weighted by Crippen LogP contribution is -2.42. The van der Waals surface area contributed by atoms with Gasteiger partial charge in [0, 0.05) is 49.8 Å². The Hall–Kier alpha value is -1.52. The minimum absolute atomic E-state index is 0.369. The maximum atomic E-state index is 9.92. The quantitative estimate of drug-likeness (QED) is 0.729. The van der Waals surface area contributed by atoms with E-state index < -0.39 is 0 Å². The van der Waals surface area contributed by atoms with Crippen LogP contribution in [-0.4, -0.2) is 41.2 Å². The number of benzene rings is 1. The number of aromatic hydroxyl groups is 1. The zero-order valence-electron chi connectivity index (χ0n) is 9.74. The summed E-state index contributed by atoms with van der Waals surface area (Å²) in [6.45, 7) is 5.14. The predicted octanol–water partition coefficient (Wildman–Crippen LogP) is 1.28. The summed E-state index contributed by atoms with van der Waals surface area (Å²) in [5.74, 6) is 0.369. The highest BCUT2D eigenvalue weighted by atomic mass is 16.3. The molecular weight excluding hydrogens is 214 g/mol. The largest absolute Gasteiger partial charge is 0.507 e. The zero-order valence-corrected chi connectivity index (χ0v) is 9.74. The van der Waals surface area contributed by atoms with E-state index in [4.69, 9.17) is 0 Å². The van der Waals surface area contributed by atoms with Gasteiger partial charge in [0.1, 0.15) is 5.75 Å². The number of nitrogens with zero attached hydrogens (tertiary/aromatic N) is 1. The van der Waals surface area contributed by atoms with Crippen molar-refractivity contribution in [3.8, 4) is 5.75 Å². The third-order valence-electron chi connectivity index (χ3n) is 3.37. The van der Waals surface area contributed by atoms with E-state index in [1.54, 1.807) is 6.07 Å². The van der Waals surface area contributed by atoms with E-state index in [1.165, 1.54) is 5.56 Å². The van der Waals surface area contributed by atoms with Gasteiger partial charge in [-0.3, -0.25) is 4.90 Å². The van der Waals surface area contributed by atoms with Crippen LogP contribution in [0.2, 0.25) is 0 Å². The van der Waals surface area contributed by atoms with Crippen molar-refractivity contribution in [1.82, 2.24) is 15.2 Å². The molecule has 1 aromatic carbocycles. The highest BCUT2D eigenvalue weighted by Gasteiger charge is 2.13. The molecule has 2 heterocycles. The molecule has 0 saturated carbocycles. The molecule has 3 rings (SSSR count). The number of nitrogens with one attached hydrogen (secondary N) is 2. The molecule has 4 nitrogen and oxygen atoms in total. The van der Waals surface area contributed by atoms with Crippen LogP contribution >= 0.6 is 0 Å². The fourth-order valence-corrected chi connectivity index (χ4v) is 2.47. The molecule has 0 atom stereocenters. The van der Waals surface area contributed by atoms with Crippen LogP contribution < -0.4 is 5.32 Å². The fraction of sp³-hybridized carbons (Fsp3) is 0.385. The van der Waals surface area contributed by atoms with Gasteiger partial charge in [-0.1, -0.05) is 6.07 Å². The van der Waals surface area contributed by atoms with Crippen LogP contribution in [0.3, 0.4) is 0 Å². The lowest BCUT2D eigenvalue weighted by molar-refractivity contribution is 0.234. The minimum Gasteiger partial charge on any atom is -0.507 e. The van der Waals surface area contributed by atoms with Crippen molar-refractivity contribution in [3.63, 3.8) is 0 Å². The number of piperazine rings is 1. The Morgan fingerprint density at radius 1 is 1.24 bits per heavy atom. The van der Waals surface area contributed by atoms with Gasteiger partial charge in [-0.2, -0.15) is 0 Å². The summed E-state index contributed by atoms with van der Waals surface area (Å²) in [6.07, 6.45) is 2.01. The first-order valence-electron chi connectivity index (χ1n) is 6.05. The molecule has 1 saturated heterocycles.